The average molecular weight is 461 g/mol. The first-order chi connectivity index (χ1) is 14.8. The van der Waals surface area contributed by atoms with E-state index in [2.05, 4.69) is 10.1 Å². The van der Waals surface area contributed by atoms with Crippen molar-refractivity contribution >= 4 is 11.8 Å². The SMILES string of the molecule is COC(=O)Cc1cc(-c2ccc(C(F)(F)F)cc2CNCCC(C)=O)cc(C(F)(F)F)c1. The summed E-state index contributed by atoms with van der Waals surface area (Å²) in [5, 5.41) is 2.84. The van der Waals surface area contributed by atoms with Gasteiger partial charge in [-0.05, 0) is 53.4 Å². The molecule has 0 bridgehead atoms. The summed E-state index contributed by atoms with van der Waals surface area (Å²) in [5.41, 5.74) is -1.72. The second kappa shape index (κ2) is 10.2. The van der Waals surface area contributed by atoms with Gasteiger partial charge in [-0.25, -0.2) is 0 Å². The summed E-state index contributed by atoms with van der Waals surface area (Å²) in [5.74, 6) is -0.874. The van der Waals surface area contributed by atoms with Crippen LogP contribution in [0.3, 0.4) is 0 Å². The Morgan fingerprint density at radius 2 is 1.59 bits per heavy atom. The fourth-order valence-electron chi connectivity index (χ4n) is 3.04. The van der Waals surface area contributed by atoms with Gasteiger partial charge in [0.05, 0.1) is 24.7 Å². The number of carbonyl (C=O) groups excluding carboxylic acids is 2. The normalized spacial score (nSPS) is 12.0. The van der Waals surface area contributed by atoms with E-state index in [0.717, 1.165) is 37.4 Å². The van der Waals surface area contributed by atoms with Gasteiger partial charge in [0, 0.05) is 19.5 Å². The van der Waals surface area contributed by atoms with Crippen molar-refractivity contribution in [2.24, 2.45) is 0 Å². The van der Waals surface area contributed by atoms with Crippen molar-refractivity contribution in [1.29, 1.82) is 0 Å². The number of hydrogen-bond acceptors (Lipinski definition) is 4. The highest BCUT2D eigenvalue weighted by atomic mass is 19.4. The van der Waals surface area contributed by atoms with Gasteiger partial charge < -0.3 is 10.1 Å². The molecular weight excluding hydrogens is 440 g/mol. The number of esters is 1. The lowest BCUT2D eigenvalue weighted by molar-refractivity contribution is -0.140. The van der Waals surface area contributed by atoms with Crippen LogP contribution in [0, 0.1) is 0 Å². The predicted octanol–water partition coefficient (Wildman–Crippen LogP) is 5.18. The van der Waals surface area contributed by atoms with Crippen molar-refractivity contribution in [1.82, 2.24) is 5.32 Å². The summed E-state index contributed by atoms with van der Waals surface area (Å²) in [6.45, 7) is 1.46. The highest BCUT2D eigenvalue weighted by Crippen LogP contribution is 2.37. The summed E-state index contributed by atoms with van der Waals surface area (Å²) < 4.78 is 84.4. The third-order valence-electron chi connectivity index (χ3n) is 4.61. The molecule has 0 aliphatic carbocycles. The Bertz CT molecular complexity index is 983. The fourth-order valence-corrected chi connectivity index (χ4v) is 3.04. The van der Waals surface area contributed by atoms with E-state index in [1.165, 1.54) is 13.0 Å². The molecule has 1 N–H and O–H groups in total. The van der Waals surface area contributed by atoms with Gasteiger partial charge in [0.1, 0.15) is 5.78 Å². The molecule has 2 rings (SSSR count). The Balaban J connectivity index is 2.56. The van der Waals surface area contributed by atoms with Crippen LogP contribution in [0.2, 0.25) is 0 Å². The molecule has 2 aromatic carbocycles. The molecule has 0 amide bonds. The number of benzene rings is 2. The molecule has 0 heterocycles. The van der Waals surface area contributed by atoms with Crippen LogP contribution in [0.15, 0.2) is 36.4 Å². The van der Waals surface area contributed by atoms with Gasteiger partial charge in [0.25, 0.3) is 0 Å². The molecule has 0 aliphatic rings. The molecule has 4 nitrogen and oxygen atoms in total. The van der Waals surface area contributed by atoms with Crippen LogP contribution in [-0.4, -0.2) is 25.4 Å². The lowest BCUT2D eigenvalue weighted by Crippen LogP contribution is -2.18. The maximum absolute atomic E-state index is 13.4. The number of alkyl halides is 6. The third-order valence-corrected chi connectivity index (χ3v) is 4.61. The third kappa shape index (κ3) is 7.08. The van der Waals surface area contributed by atoms with E-state index in [0.29, 0.717) is 0 Å². The van der Waals surface area contributed by atoms with Crippen molar-refractivity contribution < 1.29 is 40.7 Å². The van der Waals surface area contributed by atoms with Crippen LogP contribution < -0.4 is 5.32 Å². The quantitative estimate of drug-likeness (QED) is 0.335. The first-order valence-electron chi connectivity index (χ1n) is 9.50. The summed E-state index contributed by atoms with van der Waals surface area (Å²) >= 11 is 0. The summed E-state index contributed by atoms with van der Waals surface area (Å²) in [6, 6.07) is 5.68. The van der Waals surface area contributed by atoms with Crippen LogP contribution >= 0.6 is 0 Å². The zero-order valence-electron chi connectivity index (χ0n) is 17.3. The van der Waals surface area contributed by atoms with Crippen molar-refractivity contribution in [3.05, 3.63) is 58.7 Å². The number of carbonyl (C=O) groups is 2. The standard InChI is InChI=1S/C22H21F6NO3/c1-13(30)5-6-29-12-16-11-17(21(23,24)25)3-4-19(16)15-7-14(9-20(31)32-2)8-18(10-15)22(26,27)28/h3-4,7-8,10-11,29H,5-6,9,12H2,1-2H3. The number of ether oxygens (including phenoxy) is 1. The van der Waals surface area contributed by atoms with Gasteiger partial charge in [0.15, 0.2) is 0 Å². The van der Waals surface area contributed by atoms with E-state index >= 15 is 0 Å². The largest absolute Gasteiger partial charge is 0.469 e. The van der Waals surface area contributed by atoms with E-state index < -0.39 is 35.9 Å². The molecule has 0 atom stereocenters. The number of halogens is 6. The van der Waals surface area contributed by atoms with Gasteiger partial charge in [-0.1, -0.05) is 12.1 Å². The number of Topliss-reactive ketones (excluding diaryl/α,β-unsaturated/α-hetero) is 1. The van der Waals surface area contributed by atoms with E-state index in [4.69, 9.17) is 0 Å². The van der Waals surface area contributed by atoms with Crippen LogP contribution in [0.25, 0.3) is 11.1 Å². The van der Waals surface area contributed by atoms with Gasteiger partial charge in [-0.3, -0.25) is 9.59 Å². The van der Waals surface area contributed by atoms with E-state index in [-0.39, 0.29) is 47.5 Å². The van der Waals surface area contributed by atoms with E-state index in [9.17, 15) is 35.9 Å². The molecule has 0 spiro atoms. The maximum Gasteiger partial charge on any atom is 0.416 e. The number of nitrogens with one attached hydrogen (secondary N) is 1. The van der Waals surface area contributed by atoms with Gasteiger partial charge in [0.2, 0.25) is 0 Å². The van der Waals surface area contributed by atoms with Crippen molar-refractivity contribution in [3.63, 3.8) is 0 Å². The molecule has 0 aromatic heterocycles. The molecule has 0 saturated carbocycles. The van der Waals surface area contributed by atoms with Gasteiger partial charge in [-0.15, -0.1) is 0 Å². The molecule has 0 unspecified atom stereocenters. The smallest absolute Gasteiger partial charge is 0.416 e. The molecular formula is C22H21F6NO3. The Kier molecular flexibility index (Phi) is 8.06. The van der Waals surface area contributed by atoms with Crippen LogP contribution in [0.5, 0.6) is 0 Å². The molecule has 174 valence electrons. The number of ketones is 1. The highest BCUT2D eigenvalue weighted by molar-refractivity contribution is 5.76. The predicted molar refractivity (Wildman–Crippen MR) is 105 cm³/mol. The first-order valence-corrected chi connectivity index (χ1v) is 9.50. The van der Waals surface area contributed by atoms with Crippen molar-refractivity contribution in [3.8, 4) is 11.1 Å². The van der Waals surface area contributed by atoms with Crippen molar-refractivity contribution in [2.75, 3.05) is 13.7 Å². The molecule has 2 aromatic rings. The number of methoxy groups -OCH3 is 1. The minimum absolute atomic E-state index is 0.0100. The van der Waals surface area contributed by atoms with Crippen molar-refractivity contribution in [2.45, 2.75) is 38.7 Å². The fraction of sp³-hybridized carbons (Fsp3) is 0.364. The van der Waals surface area contributed by atoms with Gasteiger partial charge in [-0.2, -0.15) is 26.3 Å². The second-order valence-corrected chi connectivity index (χ2v) is 7.17. The molecule has 32 heavy (non-hydrogen) atoms. The summed E-state index contributed by atoms with van der Waals surface area (Å²) in [7, 11) is 1.09. The Hall–Kier alpha value is -2.88. The minimum atomic E-state index is -4.73. The van der Waals surface area contributed by atoms with Crippen LogP contribution in [0.1, 0.15) is 35.6 Å². The maximum atomic E-state index is 13.4. The minimum Gasteiger partial charge on any atom is -0.469 e. The Labute approximate surface area is 180 Å². The average Bonchev–Trinajstić information content (AvgIpc) is 2.69. The number of rotatable bonds is 8. The summed E-state index contributed by atoms with van der Waals surface area (Å²) in [4.78, 5) is 22.7. The zero-order chi connectivity index (χ0) is 24.1. The van der Waals surface area contributed by atoms with Gasteiger partial charge >= 0.3 is 18.3 Å². The monoisotopic (exact) mass is 461 g/mol. The summed E-state index contributed by atoms with van der Waals surface area (Å²) in [6.07, 6.45) is -9.65. The molecule has 10 heteroatoms. The molecule has 0 radical (unpaired) electrons. The Morgan fingerprint density at radius 1 is 0.938 bits per heavy atom. The first kappa shape index (κ1) is 25.4. The van der Waals surface area contributed by atoms with Crippen LogP contribution in [-0.2, 0) is 39.6 Å². The highest BCUT2D eigenvalue weighted by Gasteiger charge is 2.33. The molecule has 0 aliphatic heterocycles. The number of hydrogen-bond donors (Lipinski definition) is 1. The topological polar surface area (TPSA) is 55.4 Å². The zero-order valence-corrected chi connectivity index (χ0v) is 17.3. The second-order valence-electron chi connectivity index (χ2n) is 7.17. The van der Waals surface area contributed by atoms with Crippen LogP contribution in [0.4, 0.5) is 26.3 Å². The Morgan fingerprint density at radius 3 is 2.16 bits per heavy atom. The molecule has 0 fully saturated rings. The van der Waals surface area contributed by atoms with E-state index in [1.807, 2.05) is 0 Å². The molecule has 0 saturated heterocycles. The lowest BCUT2D eigenvalue weighted by Gasteiger charge is -2.17. The van der Waals surface area contributed by atoms with E-state index in [1.54, 1.807) is 0 Å². The lowest BCUT2D eigenvalue weighted by atomic mass is 9.93.